The van der Waals surface area contributed by atoms with Gasteiger partial charge in [0.25, 0.3) is 0 Å². The summed E-state index contributed by atoms with van der Waals surface area (Å²) in [4.78, 5) is 1.64. The standard InChI is InChI=1S/C11H18FN3/c1-8(2)10-6-13-15(14-10)7-9-4-5-11(9,3)12/h6,8-9H,4-5,7H2,1-3H3. The number of hydrogen-bond donors (Lipinski definition) is 0. The van der Waals surface area contributed by atoms with Crippen LogP contribution >= 0.6 is 0 Å². The summed E-state index contributed by atoms with van der Waals surface area (Å²) in [5.41, 5.74) is -0.0269. The van der Waals surface area contributed by atoms with Gasteiger partial charge in [0, 0.05) is 5.92 Å². The van der Waals surface area contributed by atoms with Gasteiger partial charge in [0.2, 0.25) is 0 Å². The van der Waals surface area contributed by atoms with Crippen LogP contribution < -0.4 is 0 Å². The number of rotatable bonds is 3. The molecule has 0 N–H and O–H groups in total. The van der Waals surface area contributed by atoms with Crippen LogP contribution in [0.1, 0.15) is 45.2 Å². The SMILES string of the molecule is CC(C)c1cnn(CC2CCC2(C)F)n1. The monoisotopic (exact) mass is 211 g/mol. The quantitative estimate of drug-likeness (QED) is 0.769. The lowest BCUT2D eigenvalue weighted by Crippen LogP contribution is -2.42. The van der Waals surface area contributed by atoms with Crippen molar-refractivity contribution < 1.29 is 4.39 Å². The van der Waals surface area contributed by atoms with Gasteiger partial charge in [0.05, 0.1) is 18.4 Å². The molecule has 1 heterocycles. The number of halogens is 1. The summed E-state index contributed by atoms with van der Waals surface area (Å²) in [6.07, 6.45) is 3.40. The maximum absolute atomic E-state index is 13.7. The summed E-state index contributed by atoms with van der Waals surface area (Å²) < 4.78 is 13.7. The highest BCUT2D eigenvalue weighted by molar-refractivity contribution is 4.98. The van der Waals surface area contributed by atoms with E-state index in [4.69, 9.17) is 0 Å². The number of aromatic nitrogens is 3. The molecule has 1 aromatic heterocycles. The molecule has 1 fully saturated rings. The lowest BCUT2D eigenvalue weighted by Gasteiger charge is -2.39. The van der Waals surface area contributed by atoms with Crippen LogP contribution in [0.4, 0.5) is 4.39 Å². The van der Waals surface area contributed by atoms with Crippen molar-refractivity contribution in [1.82, 2.24) is 15.0 Å². The molecular weight excluding hydrogens is 193 g/mol. The minimum absolute atomic E-state index is 0.0879. The Morgan fingerprint density at radius 1 is 1.67 bits per heavy atom. The van der Waals surface area contributed by atoms with Gasteiger partial charge in [-0.15, -0.1) is 0 Å². The molecule has 1 saturated carbocycles. The second-order valence-corrected chi connectivity index (χ2v) is 4.99. The first kappa shape index (κ1) is 10.6. The Kier molecular flexibility index (Phi) is 2.52. The summed E-state index contributed by atoms with van der Waals surface area (Å²) >= 11 is 0. The van der Waals surface area contributed by atoms with Crippen molar-refractivity contribution in [3.05, 3.63) is 11.9 Å². The van der Waals surface area contributed by atoms with Crippen molar-refractivity contribution >= 4 is 0 Å². The summed E-state index contributed by atoms with van der Waals surface area (Å²) in [6.45, 7) is 6.45. The third-order valence-corrected chi connectivity index (χ3v) is 3.36. The smallest absolute Gasteiger partial charge is 0.113 e. The van der Waals surface area contributed by atoms with E-state index in [2.05, 4.69) is 24.0 Å². The molecule has 15 heavy (non-hydrogen) atoms. The van der Waals surface area contributed by atoms with Gasteiger partial charge in [-0.25, -0.2) is 4.39 Å². The Balaban J connectivity index is 1.99. The van der Waals surface area contributed by atoms with Crippen LogP contribution in [0.2, 0.25) is 0 Å². The Morgan fingerprint density at radius 3 is 2.80 bits per heavy atom. The topological polar surface area (TPSA) is 30.7 Å². The first-order valence-corrected chi connectivity index (χ1v) is 5.58. The fourth-order valence-corrected chi connectivity index (χ4v) is 1.89. The molecule has 0 amide bonds. The summed E-state index contributed by atoms with van der Waals surface area (Å²) in [5, 5.41) is 8.50. The molecule has 0 bridgehead atoms. The van der Waals surface area contributed by atoms with Gasteiger partial charge < -0.3 is 0 Å². The van der Waals surface area contributed by atoms with Crippen LogP contribution in [-0.4, -0.2) is 20.7 Å². The minimum Gasteiger partial charge on any atom is -0.244 e. The number of nitrogens with zero attached hydrogens (tertiary/aromatic N) is 3. The van der Waals surface area contributed by atoms with Gasteiger partial charge in [-0.1, -0.05) is 13.8 Å². The summed E-state index contributed by atoms with van der Waals surface area (Å²) in [7, 11) is 0. The van der Waals surface area contributed by atoms with E-state index in [1.165, 1.54) is 0 Å². The molecule has 0 radical (unpaired) electrons. The molecule has 0 spiro atoms. The van der Waals surface area contributed by atoms with E-state index < -0.39 is 5.67 Å². The summed E-state index contributed by atoms with van der Waals surface area (Å²) in [6, 6.07) is 0. The zero-order chi connectivity index (χ0) is 11.1. The van der Waals surface area contributed by atoms with E-state index in [-0.39, 0.29) is 5.92 Å². The van der Waals surface area contributed by atoms with E-state index in [9.17, 15) is 4.39 Å². The molecular formula is C11H18FN3. The van der Waals surface area contributed by atoms with E-state index in [0.29, 0.717) is 18.9 Å². The average molecular weight is 211 g/mol. The predicted molar refractivity (Wildman–Crippen MR) is 56.3 cm³/mol. The second-order valence-electron chi connectivity index (χ2n) is 4.99. The van der Waals surface area contributed by atoms with E-state index in [1.807, 2.05) is 0 Å². The second kappa shape index (κ2) is 3.58. The highest BCUT2D eigenvalue weighted by Crippen LogP contribution is 2.42. The predicted octanol–water partition coefficient (Wildman–Crippen LogP) is 2.54. The van der Waals surface area contributed by atoms with Crippen LogP contribution in [-0.2, 0) is 6.54 Å². The zero-order valence-corrected chi connectivity index (χ0v) is 9.57. The third kappa shape index (κ3) is 2.03. The Morgan fingerprint density at radius 2 is 2.40 bits per heavy atom. The lowest BCUT2D eigenvalue weighted by molar-refractivity contribution is -0.0113. The van der Waals surface area contributed by atoms with Gasteiger partial charge >= 0.3 is 0 Å². The Hall–Kier alpha value is -0.930. The van der Waals surface area contributed by atoms with Crippen LogP contribution in [0.5, 0.6) is 0 Å². The normalized spacial score (nSPS) is 30.6. The molecule has 2 unspecified atom stereocenters. The van der Waals surface area contributed by atoms with Crippen molar-refractivity contribution in [2.45, 2.75) is 51.7 Å². The third-order valence-electron chi connectivity index (χ3n) is 3.36. The number of alkyl halides is 1. The largest absolute Gasteiger partial charge is 0.244 e. The average Bonchev–Trinajstić information content (AvgIpc) is 2.61. The molecule has 1 aromatic rings. The van der Waals surface area contributed by atoms with Crippen molar-refractivity contribution in [3.8, 4) is 0 Å². The van der Waals surface area contributed by atoms with E-state index in [1.54, 1.807) is 17.9 Å². The molecule has 0 aromatic carbocycles. The zero-order valence-electron chi connectivity index (χ0n) is 9.57. The number of hydrogen-bond acceptors (Lipinski definition) is 2. The molecule has 0 saturated heterocycles. The van der Waals surface area contributed by atoms with Gasteiger partial charge in [0.1, 0.15) is 5.67 Å². The van der Waals surface area contributed by atoms with Crippen LogP contribution in [0.15, 0.2) is 6.20 Å². The van der Waals surface area contributed by atoms with Crippen molar-refractivity contribution in [1.29, 1.82) is 0 Å². The fraction of sp³-hybridized carbons (Fsp3) is 0.818. The molecule has 0 aliphatic heterocycles. The maximum Gasteiger partial charge on any atom is 0.113 e. The minimum atomic E-state index is -1.01. The van der Waals surface area contributed by atoms with Crippen LogP contribution in [0, 0.1) is 5.92 Å². The molecule has 4 heteroatoms. The molecule has 2 rings (SSSR count). The maximum atomic E-state index is 13.7. The first-order valence-electron chi connectivity index (χ1n) is 5.58. The molecule has 3 nitrogen and oxygen atoms in total. The van der Waals surface area contributed by atoms with Crippen molar-refractivity contribution in [3.63, 3.8) is 0 Å². The van der Waals surface area contributed by atoms with Crippen LogP contribution in [0.25, 0.3) is 0 Å². The Labute approximate surface area is 89.7 Å². The lowest BCUT2D eigenvalue weighted by atomic mass is 9.72. The van der Waals surface area contributed by atoms with Gasteiger partial charge in [-0.3, -0.25) is 0 Å². The van der Waals surface area contributed by atoms with Crippen molar-refractivity contribution in [2.24, 2.45) is 5.92 Å². The molecule has 84 valence electrons. The van der Waals surface area contributed by atoms with E-state index >= 15 is 0 Å². The van der Waals surface area contributed by atoms with Gasteiger partial charge in [0.15, 0.2) is 0 Å². The molecule has 1 aliphatic carbocycles. The van der Waals surface area contributed by atoms with Gasteiger partial charge in [-0.2, -0.15) is 15.0 Å². The fourth-order valence-electron chi connectivity index (χ4n) is 1.89. The highest BCUT2D eigenvalue weighted by Gasteiger charge is 2.43. The molecule has 1 aliphatic rings. The Bertz CT molecular complexity index is 343. The van der Waals surface area contributed by atoms with Gasteiger partial charge in [-0.05, 0) is 25.7 Å². The van der Waals surface area contributed by atoms with E-state index in [0.717, 1.165) is 12.1 Å². The highest BCUT2D eigenvalue weighted by atomic mass is 19.1. The molecule has 2 atom stereocenters. The first-order chi connectivity index (χ1) is 6.99. The van der Waals surface area contributed by atoms with Crippen molar-refractivity contribution in [2.75, 3.05) is 0 Å². The van der Waals surface area contributed by atoms with Crippen LogP contribution in [0.3, 0.4) is 0 Å². The summed E-state index contributed by atoms with van der Waals surface area (Å²) in [5.74, 6) is 0.474.